The van der Waals surface area contributed by atoms with E-state index in [-0.39, 0.29) is 30.2 Å². The molecule has 2 N–H and O–H groups in total. The first-order chi connectivity index (χ1) is 9.86. The van der Waals surface area contributed by atoms with E-state index >= 15 is 0 Å². The molecule has 0 amide bonds. The lowest BCUT2D eigenvalue weighted by atomic mass is 10.0. The zero-order valence-electron chi connectivity index (χ0n) is 12.0. The lowest BCUT2D eigenvalue weighted by Crippen LogP contribution is -2.36. The lowest BCUT2D eigenvalue weighted by Gasteiger charge is -2.27. The van der Waals surface area contributed by atoms with Gasteiger partial charge in [0.15, 0.2) is 0 Å². The Morgan fingerprint density at radius 3 is 2.71 bits per heavy atom. The van der Waals surface area contributed by atoms with Crippen molar-refractivity contribution in [2.24, 2.45) is 5.92 Å². The standard InChI is InChI=1S/C13H19F3N4O/c1-3-17-10-6-11(19-12(18-10)13(14,15)16)20-5-4-8(2)9(20)7-21/h6,8-9,21H,3-5,7H2,1-2H3,(H,17,18,19). The van der Waals surface area contributed by atoms with Crippen molar-refractivity contribution in [3.8, 4) is 0 Å². The second-order valence-corrected chi connectivity index (χ2v) is 5.17. The van der Waals surface area contributed by atoms with Gasteiger partial charge >= 0.3 is 6.18 Å². The number of nitrogens with zero attached hydrogens (tertiary/aromatic N) is 3. The summed E-state index contributed by atoms with van der Waals surface area (Å²) in [4.78, 5) is 8.86. The van der Waals surface area contributed by atoms with E-state index in [2.05, 4.69) is 15.3 Å². The molecule has 21 heavy (non-hydrogen) atoms. The normalized spacial score (nSPS) is 22.7. The van der Waals surface area contributed by atoms with Gasteiger partial charge in [-0.25, -0.2) is 9.97 Å². The van der Waals surface area contributed by atoms with E-state index in [1.165, 1.54) is 6.07 Å². The van der Waals surface area contributed by atoms with Gasteiger partial charge in [-0.15, -0.1) is 0 Å². The first-order valence-corrected chi connectivity index (χ1v) is 6.94. The predicted molar refractivity (Wildman–Crippen MR) is 73.2 cm³/mol. The summed E-state index contributed by atoms with van der Waals surface area (Å²) in [5.41, 5.74) is 0. The Labute approximate surface area is 121 Å². The number of nitrogens with one attached hydrogen (secondary N) is 1. The monoisotopic (exact) mass is 304 g/mol. The number of hydrogen-bond donors (Lipinski definition) is 2. The van der Waals surface area contributed by atoms with Crippen molar-refractivity contribution < 1.29 is 18.3 Å². The van der Waals surface area contributed by atoms with Gasteiger partial charge in [0.2, 0.25) is 5.82 Å². The van der Waals surface area contributed by atoms with Crippen molar-refractivity contribution >= 4 is 11.6 Å². The van der Waals surface area contributed by atoms with Crippen LogP contribution in [0.1, 0.15) is 26.1 Å². The molecule has 1 saturated heterocycles. The molecule has 2 atom stereocenters. The Morgan fingerprint density at radius 1 is 1.43 bits per heavy atom. The number of rotatable bonds is 4. The largest absolute Gasteiger partial charge is 0.451 e. The molecule has 118 valence electrons. The molecule has 1 aromatic rings. The van der Waals surface area contributed by atoms with E-state index in [0.717, 1.165) is 6.42 Å². The third kappa shape index (κ3) is 3.37. The fourth-order valence-corrected chi connectivity index (χ4v) is 2.55. The highest BCUT2D eigenvalue weighted by Gasteiger charge is 2.37. The first-order valence-electron chi connectivity index (χ1n) is 6.94. The second kappa shape index (κ2) is 6.05. The molecule has 0 saturated carbocycles. The van der Waals surface area contributed by atoms with Crippen molar-refractivity contribution in [3.05, 3.63) is 11.9 Å². The molecule has 0 spiro atoms. The fourth-order valence-electron chi connectivity index (χ4n) is 2.55. The molecule has 5 nitrogen and oxygen atoms in total. The average molecular weight is 304 g/mol. The van der Waals surface area contributed by atoms with Gasteiger partial charge in [-0.05, 0) is 19.3 Å². The molecule has 2 unspecified atom stereocenters. The molecule has 0 bridgehead atoms. The minimum absolute atomic E-state index is 0.108. The first kappa shape index (κ1) is 15.8. The molecule has 8 heteroatoms. The molecule has 0 aromatic carbocycles. The highest BCUT2D eigenvalue weighted by molar-refractivity contribution is 5.51. The second-order valence-electron chi connectivity index (χ2n) is 5.17. The van der Waals surface area contributed by atoms with Gasteiger partial charge < -0.3 is 15.3 Å². The number of anilines is 2. The summed E-state index contributed by atoms with van der Waals surface area (Å²) >= 11 is 0. The van der Waals surface area contributed by atoms with Gasteiger partial charge in [-0.2, -0.15) is 13.2 Å². The molecule has 2 rings (SSSR count). The summed E-state index contributed by atoms with van der Waals surface area (Å²) in [6.45, 7) is 4.68. The third-order valence-electron chi connectivity index (χ3n) is 3.69. The third-order valence-corrected chi connectivity index (χ3v) is 3.69. The fraction of sp³-hybridized carbons (Fsp3) is 0.692. The quantitative estimate of drug-likeness (QED) is 0.892. The van der Waals surface area contributed by atoms with E-state index < -0.39 is 12.0 Å². The van der Waals surface area contributed by atoms with Gasteiger partial charge in [-0.3, -0.25) is 0 Å². The lowest BCUT2D eigenvalue weighted by molar-refractivity contribution is -0.144. The molecular formula is C13H19F3N4O. The van der Waals surface area contributed by atoms with E-state index in [1.54, 1.807) is 11.8 Å². The molecule has 0 radical (unpaired) electrons. The Balaban J connectivity index is 2.40. The number of aliphatic hydroxyl groups is 1. The Bertz CT molecular complexity index is 495. The zero-order chi connectivity index (χ0) is 15.6. The SMILES string of the molecule is CCNc1cc(N2CCC(C)C2CO)nc(C(F)(F)F)n1. The average Bonchev–Trinajstić information content (AvgIpc) is 2.79. The summed E-state index contributed by atoms with van der Waals surface area (Å²) in [6, 6.07) is 1.29. The highest BCUT2D eigenvalue weighted by atomic mass is 19.4. The van der Waals surface area contributed by atoms with Crippen LogP contribution in [0, 0.1) is 5.92 Å². The van der Waals surface area contributed by atoms with E-state index in [9.17, 15) is 18.3 Å². The maximum absolute atomic E-state index is 12.9. The Hall–Kier alpha value is -1.57. The van der Waals surface area contributed by atoms with Crippen molar-refractivity contribution in [2.45, 2.75) is 32.5 Å². The van der Waals surface area contributed by atoms with Crippen LogP contribution in [-0.2, 0) is 6.18 Å². The number of aliphatic hydroxyl groups excluding tert-OH is 1. The van der Waals surface area contributed by atoms with Crippen LogP contribution in [0.25, 0.3) is 0 Å². The zero-order valence-corrected chi connectivity index (χ0v) is 12.0. The van der Waals surface area contributed by atoms with E-state index in [0.29, 0.717) is 13.1 Å². The van der Waals surface area contributed by atoms with E-state index in [1.807, 2.05) is 6.92 Å². The van der Waals surface area contributed by atoms with Crippen molar-refractivity contribution in [1.82, 2.24) is 9.97 Å². The maximum Gasteiger partial charge on any atom is 0.451 e. The van der Waals surface area contributed by atoms with Gasteiger partial charge in [0.25, 0.3) is 0 Å². The van der Waals surface area contributed by atoms with Crippen molar-refractivity contribution in [3.63, 3.8) is 0 Å². The van der Waals surface area contributed by atoms with Crippen LogP contribution in [0.15, 0.2) is 6.07 Å². The smallest absolute Gasteiger partial charge is 0.394 e. The summed E-state index contributed by atoms with van der Waals surface area (Å²) in [5.74, 6) is -0.600. The Morgan fingerprint density at radius 2 is 2.14 bits per heavy atom. The molecule has 1 fully saturated rings. The van der Waals surface area contributed by atoms with Gasteiger partial charge in [-0.1, -0.05) is 6.92 Å². The minimum atomic E-state index is -4.60. The number of hydrogen-bond acceptors (Lipinski definition) is 5. The van der Waals surface area contributed by atoms with Crippen molar-refractivity contribution in [2.75, 3.05) is 29.9 Å². The highest BCUT2D eigenvalue weighted by Crippen LogP contribution is 2.33. The Kier molecular flexibility index (Phi) is 4.55. The topological polar surface area (TPSA) is 61.3 Å². The van der Waals surface area contributed by atoms with Crippen LogP contribution in [0.4, 0.5) is 24.8 Å². The van der Waals surface area contributed by atoms with Crippen LogP contribution < -0.4 is 10.2 Å². The van der Waals surface area contributed by atoms with Crippen LogP contribution in [0.5, 0.6) is 0 Å². The number of alkyl halides is 3. The molecular weight excluding hydrogens is 285 g/mol. The number of halogens is 3. The van der Waals surface area contributed by atoms with Crippen LogP contribution in [0.2, 0.25) is 0 Å². The maximum atomic E-state index is 12.9. The van der Waals surface area contributed by atoms with Crippen LogP contribution in [0.3, 0.4) is 0 Å². The molecule has 0 aliphatic carbocycles. The van der Waals surface area contributed by atoms with Crippen molar-refractivity contribution in [1.29, 1.82) is 0 Å². The minimum Gasteiger partial charge on any atom is -0.394 e. The summed E-state index contributed by atoms with van der Waals surface area (Å²) in [6.07, 6.45) is -3.78. The molecule has 2 heterocycles. The predicted octanol–water partition coefficient (Wildman–Crippen LogP) is 2.13. The summed E-state index contributed by atoms with van der Waals surface area (Å²) in [5, 5.41) is 12.2. The van der Waals surface area contributed by atoms with E-state index in [4.69, 9.17) is 0 Å². The number of aromatic nitrogens is 2. The van der Waals surface area contributed by atoms with Gasteiger partial charge in [0.05, 0.1) is 12.6 Å². The summed E-state index contributed by atoms with van der Waals surface area (Å²) in [7, 11) is 0. The molecule has 1 aliphatic heterocycles. The van der Waals surface area contributed by atoms with Gasteiger partial charge in [0, 0.05) is 19.2 Å². The van der Waals surface area contributed by atoms with Crippen LogP contribution >= 0.6 is 0 Å². The summed E-state index contributed by atoms with van der Waals surface area (Å²) < 4.78 is 38.7. The van der Waals surface area contributed by atoms with Crippen LogP contribution in [-0.4, -0.2) is 40.8 Å². The molecule has 1 aromatic heterocycles. The molecule has 1 aliphatic rings. The van der Waals surface area contributed by atoms with Gasteiger partial charge in [0.1, 0.15) is 11.6 Å².